The van der Waals surface area contributed by atoms with Crippen LogP contribution in [0.15, 0.2) is 35.2 Å². The maximum Gasteiger partial charge on any atom is 0.308 e. The molecule has 0 amide bonds. The molecule has 3 N–H and O–H groups in total. The van der Waals surface area contributed by atoms with Crippen LogP contribution in [0.3, 0.4) is 0 Å². The van der Waals surface area contributed by atoms with Crippen molar-refractivity contribution in [3.8, 4) is 11.4 Å². The summed E-state index contributed by atoms with van der Waals surface area (Å²) in [5.74, 6) is -0.260. The molecule has 4 aromatic rings. The summed E-state index contributed by atoms with van der Waals surface area (Å²) in [6.07, 6.45) is 8.24. The Bertz CT molecular complexity index is 1220. The highest BCUT2D eigenvalue weighted by Gasteiger charge is 2.32. The van der Waals surface area contributed by atoms with Gasteiger partial charge >= 0.3 is 5.97 Å². The average Bonchev–Trinajstić information content (AvgIpc) is 3.34. The summed E-state index contributed by atoms with van der Waals surface area (Å²) in [5, 5.41) is 14.2. The van der Waals surface area contributed by atoms with Gasteiger partial charge < -0.3 is 19.8 Å². The van der Waals surface area contributed by atoms with E-state index in [1.807, 2.05) is 6.07 Å². The first-order valence-corrected chi connectivity index (χ1v) is 9.85. The second kappa shape index (κ2) is 7.04. The van der Waals surface area contributed by atoms with Crippen molar-refractivity contribution in [1.29, 1.82) is 0 Å². The highest BCUT2D eigenvalue weighted by atomic mass is 35.5. The third kappa shape index (κ3) is 3.19. The van der Waals surface area contributed by atoms with Gasteiger partial charge in [-0.05, 0) is 18.9 Å². The van der Waals surface area contributed by atoms with Crippen molar-refractivity contribution >= 4 is 45.5 Å². The number of carboxylic acids is 1. The van der Waals surface area contributed by atoms with Crippen molar-refractivity contribution in [2.24, 2.45) is 5.92 Å². The summed E-state index contributed by atoms with van der Waals surface area (Å²) in [4.78, 5) is 28.4. The van der Waals surface area contributed by atoms with Gasteiger partial charge in [0.15, 0.2) is 17.2 Å². The van der Waals surface area contributed by atoms with Crippen LogP contribution in [0.2, 0.25) is 5.02 Å². The fraction of sp³-hybridized carbons (Fsp3) is 0.300. The molecule has 0 bridgehead atoms. The van der Waals surface area contributed by atoms with E-state index in [0.717, 1.165) is 30.2 Å². The number of nitrogens with one attached hydrogen (secondary N) is 2. The number of furan rings is 1. The van der Waals surface area contributed by atoms with E-state index in [9.17, 15) is 9.90 Å². The van der Waals surface area contributed by atoms with E-state index in [1.54, 1.807) is 24.7 Å². The molecule has 4 aromatic heterocycles. The molecule has 2 atom stereocenters. The molecule has 8 nitrogen and oxygen atoms in total. The lowest BCUT2D eigenvalue weighted by Crippen LogP contribution is -2.37. The predicted octanol–water partition coefficient (Wildman–Crippen LogP) is 4.47. The minimum Gasteiger partial charge on any atom is -0.481 e. The number of hydrogen-bond acceptors (Lipinski definition) is 6. The molecular weight excluding hydrogens is 394 g/mol. The van der Waals surface area contributed by atoms with Crippen LogP contribution in [0.4, 0.5) is 5.82 Å². The molecule has 4 heterocycles. The Morgan fingerprint density at radius 3 is 3.03 bits per heavy atom. The number of nitrogens with zero attached hydrogens (tertiary/aromatic N) is 3. The Balaban J connectivity index is 1.60. The number of carbonyl (C=O) groups is 1. The van der Waals surface area contributed by atoms with Gasteiger partial charge in [0.25, 0.3) is 0 Å². The maximum absolute atomic E-state index is 11.7. The lowest BCUT2D eigenvalue weighted by molar-refractivity contribution is -0.143. The molecule has 1 aliphatic carbocycles. The minimum atomic E-state index is -0.787. The fourth-order valence-electron chi connectivity index (χ4n) is 4.02. The van der Waals surface area contributed by atoms with E-state index in [4.69, 9.17) is 16.0 Å². The summed E-state index contributed by atoms with van der Waals surface area (Å²) in [6.45, 7) is 0. The van der Waals surface area contributed by atoms with Crippen molar-refractivity contribution in [2.75, 3.05) is 5.32 Å². The summed E-state index contributed by atoms with van der Waals surface area (Å²) >= 11 is 6.12. The summed E-state index contributed by atoms with van der Waals surface area (Å²) in [6, 6.07) is 3.37. The van der Waals surface area contributed by atoms with Crippen molar-refractivity contribution in [2.45, 2.75) is 31.7 Å². The second-order valence-corrected chi connectivity index (χ2v) is 7.70. The van der Waals surface area contributed by atoms with Crippen molar-refractivity contribution in [3.63, 3.8) is 0 Å². The molecule has 0 radical (unpaired) electrons. The first-order chi connectivity index (χ1) is 14.1. The van der Waals surface area contributed by atoms with Gasteiger partial charge in [-0.25, -0.2) is 15.0 Å². The quantitative estimate of drug-likeness (QED) is 0.453. The molecule has 5 rings (SSSR count). The van der Waals surface area contributed by atoms with Gasteiger partial charge in [0.2, 0.25) is 0 Å². The number of rotatable bonds is 4. The van der Waals surface area contributed by atoms with Crippen LogP contribution in [0.1, 0.15) is 25.7 Å². The second-order valence-electron chi connectivity index (χ2n) is 7.26. The van der Waals surface area contributed by atoms with Crippen LogP contribution in [-0.2, 0) is 4.79 Å². The van der Waals surface area contributed by atoms with Crippen molar-refractivity contribution < 1.29 is 14.3 Å². The van der Waals surface area contributed by atoms with E-state index < -0.39 is 11.9 Å². The highest BCUT2D eigenvalue weighted by molar-refractivity contribution is 6.31. The molecule has 1 fully saturated rings. The third-order valence-corrected chi connectivity index (χ3v) is 5.65. The Labute approximate surface area is 170 Å². The van der Waals surface area contributed by atoms with E-state index in [-0.39, 0.29) is 6.04 Å². The fourth-order valence-corrected chi connectivity index (χ4v) is 4.18. The number of aromatic amines is 1. The Morgan fingerprint density at radius 2 is 2.17 bits per heavy atom. The molecule has 1 aliphatic rings. The van der Waals surface area contributed by atoms with E-state index >= 15 is 0 Å². The molecule has 0 spiro atoms. The third-order valence-electron chi connectivity index (χ3n) is 5.45. The number of H-pyrrole nitrogens is 1. The van der Waals surface area contributed by atoms with Gasteiger partial charge in [-0.3, -0.25) is 4.79 Å². The topological polar surface area (TPSA) is 117 Å². The average molecular weight is 412 g/mol. The van der Waals surface area contributed by atoms with Crippen LogP contribution in [0, 0.1) is 5.92 Å². The number of carboxylic acid groups (broad SMARTS) is 1. The van der Waals surface area contributed by atoms with Gasteiger partial charge in [-0.15, -0.1) is 0 Å². The SMILES string of the molecule is O=C(O)[C@H]1CCCC[C@@H]1Nc1nc(-c2c[nH]c3ncc(Cl)cc23)nc2ccoc12. The number of fused-ring (bicyclic) bond motifs is 2. The van der Waals surface area contributed by atoms with Crippen LogP contribution in [0.5, 0.6) is 0 Å². The molecule has 148 valence electrons. The molecule has 0 unspecified atom stereocenters. The zero-order chi connectivity index (χ0) is 20.0. The van der Waals surface area contributed by atoms with Crippen LogP contribution in [0.25, 0.3) is 33.5 Å². The van der Waals surface area contributed by atoms with Crippen LogP contribution in [-0.4, -0.2) is 37.1 Å². The number of halogens is 1. The minimum absolute atomic E-state index is 0.212. The number of pyridine rings is 1. The Kier molecular flexibility index (Phi) is 4.35. The smallest absolute Gasteiger partial charge is 0.308 e. The summed E-state index contributed by atoms with van der Waals surface area (Å²) in [5.41, 5.74) is 2.61. The Hall–Kier alpha value is -3.13. The van der Waals surface area contributed by atoms with Crippen molar-refractivity contribution in [3.05, 3.63) is 35.8 Å². The van der Waals surface area contributed by atoms with Crippen LogP contribution < -0.4 is 5.32 Å². The van der Waals surface area contributed by atoms with Gasteiger partial charge in [0.1, 0.15) is 11.2 Å². The van der Waals surface area contributed by atoms with E-state index in [2.05, 4.69) is 25.3 Å². The zero-order valence-corrected chi connectivity index (χ0v) is 16.1. The van der Waals surface area contributed by atoms with E-state index in [0.29, 0.717) is 39.8 Å². The monoisotopic (exact) mass is 411 g/mol. The van der Waals surface area contributed by atoms with Crippen LogP contribution >= 0.6 is 11.6 Å². The lowest BCUT2D eigenvalue weighted by Gasteiger charge is -2.29. The molecule has 0 aromatic carbocycles. The van der Waals surface area contributed by atoms with E-state index in [1.165, 1.54) is 0 Å². The number of aliphatic carboxylic acids is 1. The maximum atomic E-state index is 11.7. The lowest BCUT2D eigenvalue weighted by atomic mass is 9.84. The summed E-state index contributed by atoms with van der Waals surface area (Å²) in [7, 11) is 0. The molecular formula is C20H18ClN5O3. The van der Waals surface area contributed by atoms with Gasteiger partial charge in [-0.1, -0.05) is 24.4 Å². The summed E-state index contributed by atoms with van der Waals surface area (Å²) < 4.78 is 5.59. The highest BCUT2D eigenvalue weighted by Crippen LogP contribution is 2.33. The van der Waals surface area contributed by atoms with Gasteiger partial charge in [-0.2, -0.15) is 0 Å². The van der Waals surface area contributed by atoms with Gasteiger partial charge in [0, 0.05) is 35.5 Å². The number of anilines is 1. The molecule has 0 saturated heterocycles. The first-order valence-electron chi connectivity index (χ1n) is 9.48. The molecule has 1 saturated carbocycles. The molecule has 29 heavy (non-hydrogen) atoms. The standard InChI is InChI=1S/C20H18ClN5O3/c21-10-7-12-13(9-23-17(12)22-8-10)18-25-15-5-6-29-16(15)19(26-18)24-14-4-2-1-3-11(14)20(27)28/h5-9,11,14H,1-4H2,(H,22,23)(H,27,28)(H,24,25,26)/t11-,14-/m0/s1. The molecule has 9 heteroatoms. The van der Waals surface area contributed by atoms with Crippen molar-refractivity contribution in [1.82, 2.24) is 19.9 Å². The first kappa shape index (κ1) is 17.9. The largest absolute Gasteiger partial charge is 0.481 e. The van der Waals surface area contributed by atoms with Gasteiger partial charge in [0.05, 0.1) is 17.2 Å². The zero-order valence-electron chi connectivity index (χ0n) is 15.4. The number of aromatic nitrogens is 4. The number of hydrogen-bond donors (Lipinski definition) is 3. The Morgan fingerprint density at radius 1 is 1.31 bits per heavy atom. The molecule has 0 aliphatic heterocycles. The predicted molar refractivity (Wildman–Crippen MR) is 109 cm³/mol. The normalized spacial score (nSPS) is 19.6.